The van der Waals surface area contributed by atoms with Crippen molar-refractivity contribution in [1.29, 1.82) is 0 Å². The third-order valence-electron chi connectivity index (χ3n) is 5.28. The number of hydrogen-bond acceptors (Lipinski definition) is 5. The summed E-state index contributed by atoms with van der Waals surface area (Å²) in [4.78, 5) is 28.5. The third kappa shape index (κ3) is 4.14. The average molecular weight is 419 g/mol. The van der Waals surface area contributed by atoms with Gasteiger partial charge < -0.3 is 9.42 Å². The zero-order valence-electron chi connectivity index (χ0n) is 18.1. The van der Waals surface area contributed by atoms with Crippen molar-refractivity contribution >= 4 is 23.7 Å². The Morgan fingerprint density at radius 1 is 1.16 bits per heavy atom. The van der Waals surface area contributed by atoms with Crippen LogP contribution in [0, 0.1) is 13.8 Å². The van der Waals surface area contributed by atoms with Crippen LogP contribution in [-0.4, -0.2) is 38.3 Å². The van der Waals surface area contributed by atoms with Crippen LogP contribution < -0.4 is 4.90 Å². The molecule has 1 fully saturated rings. The van der Waals surface area contributed by atoms with Gasteiger partial charge in [-0.2, -0.15) is 5.10 Å². The van der Waals surface area contributed by atoms with E-state index in [1.54, 1.807) is 15.8 Å². The molecular formula is C23H25N5O3. The first-order valence-electron chi connectivity index (χ1n) is 10.1. The number of nitrogens with zero attached hydrogens (tertiary/aromatic N) is 5. The molecule has 1 aliphatic rings. The monoisotopic (exact) mass is 419 g/mol. The third-order valence-corrected chi connectivity index (χ3v) is 5.28. The summed E-state index contributed by atoms with van der Waals surface area (Å²) in [7, 11) is 0. The summed E-state index contributed by atoms with van der Waals surface area (Å²) in [5, 5.41) is 8.27. The zero-order valence-corrected chi connectivity index (χ0v) is 18.1. The summed E-state index contributed by atoms with van der Waals surface area (Å²) in [6.45, 7) is 8.64. The number of carbonyl (C=O) groups is 2. The maximum absolute atomic E-state index is 13.0. The normalized spacial score (nSPS) is 13.9. The number of aryl methyl sites for hydroxylation is 2. The SMILES string of the molecule is CC(C)=Cc1ccccc1CN1CC(=O)N(c2cnn(Cc3c(C)noc3C)c2)C1=O. The van der Waals surface area contributed by atoms with E-state index in [1.807, 2.05) is 52.0 Å². The minimum Gasteiger partial charge on any atom is -0.361 e. The Bertz CT molecular complexity index is 1150. The van der Waals surface area contributed by atoms with Crippen molar-refractivity contribution in [3.8, 4) is 0 Å². The van der Waals surface area contributed by atoms with Crippen molar-refractivity contribution in [3.63, 3.8) is 0 Å². The van der Waals surface area contributed by atoms with Crippen molar-refractivity contribution in [2.24, 2.45) is 0 Å². The van der Waals surface area contributed by atoms with Crippen molar-refractivity contribution in [2.45, 2.75) is 40.8 Å². The summed E-state index contributed by atoms with van der Waals surface area (Å²) < 4.78 is 6.87. The fraction of sp³-hybridized carbons (Fsp3) is 0.304. The zero-order chi connectivity index (χ0) is 22.1. The highest BCUT2D eigenvalue weighted by molar-refractivity contribution is 6.19. The van der Waals surface area contributed by atoms with Crippen LogP contribution in [0.25, 0.3) is 6.08 Å². The van der Waals surface area contributed by atoms with Crippen LogP contribution in [0.1, 0.15) is 42.0 Å². The molecule has 0 aliphatic carbocycles. The van der Waals surface area contributed by atoms with E-state index in [1.165, 1.54) is 16.7 Å². The fourth-order valence-corrected chi connectivity index (χ4v) is 3.71. The quantitative estimate of drug-likeness (QED) is 0.565. The smallest absolute Gasteiger partial charge is 0.332 e. The largest absolute Gasteiger partial charge is 0.361 e. The second kappa shape index (κ2) is 8.22. The van der Waals surface area contributed by atoms with Gasteiger partial charge in [-0.1, -0.05) is 41.1 Å². The molecule has 8 nitrogen and oxygen atoms in total. The highest BCUT2D eigenvalue weighted by atomic mass is 16.5. The van der Waals surface area contributed by atoms with Gasteiger partial charge in [-0.3, -0.25) is 9.48 Å². The first kappa shape index (κ1) is 20.6. The first-order valence-corrected chi connectivity index (χ1v) is 10.1. The maximum atomic E-state index is 13.0. The van der Waals surface area contributed by atoms with E-state index in [4.69, 9.17) is 4.52 Å². The van der Waals surface area contributed by atoms with Crippen LogP contribution in [0.15, 0.2) is 46.8 Å². The second-order valence-electron chi connectivity index (χ2n) is 7.99. The lowest BCUT2D eigenvalue weighted by molar-refractivity contribution is -0.116. The molecule has 3 aromatic rings. The number of hydrogen-bond donors (Lipinski definition) is 0. The lowest BCUT2D eigenvalue weighted by Gasteiger charge is -2.17. The number of rotatable bonds is 6. The molecule has 2 aromatic heterocycles. The number of amides is 3. The van der Waals surface area contributed by atoms with E-state index in [0.717, 1.165) is 28.1 Å². The number of imide groups is 1. The minimum absolute atomic E-state index is 0.0387. The van der Waals surface area contributed by atoms with Crippen molar-refractivity contribution in [1.82, 2.24) is 19.8 Å². The Hall–Kier alpha value is -3.68. The van der Waals surface area contributed by atoms with Gasteiger partial charge in [0.15, 0.2) is 0 Å². The van der Waals surface area contributed by atoms with Crippen molar-refractivity contribution < 1.29 is 14.1 Å². The molecule has 0 radical (unpaired) electrons. The highest BCUT2D eigenvalue weighted by Gasteiger charge is 2.38. The number of urea groups is 1. The van der Waals surface area contributed by atoms with Crippen molar-refractivity contribution in [3.05, 3.63) is 70.4 Å². The Morgan fingerprint density at radius 3 is 2.65 bits per heavy atom. The van der Waals surface area contributed by atoms with Crippen LogP contribution in [0.3, 0.4) is 0 Å². The summed E-state index contributed by atoms with van der Waals surface area (Å²) in [6, 6.07) is 7.57. The topological polar surface area (TPSA) is 84.5 Å². The maximum Gasteiger partial charge on any atom is 0.332 e. The summed E-state index contributed by atoms with van der Waals surface area (Å²) in [5.74, 6) is 0.464. The van der Waals surface area contributed by atoms with Crippen LogP contribution in [0.5, 0.6) is 0 Å². The number of carbonyl (C=O) groups excluding carboxylic acids is 2. The summed E-state index contributed by atoms with van der Waals surface area (Å²) in [6.07, 6.45) is 5.31. The molecule has 0 spiro atoms. The fourth-order valence-electron chi connectivity index (χ4n) is 3.71. The van der Waals surface area contributed by atoms with Crippen LogP contribution in [-0.2, 0) is 17.9 Å². The molecule has 0 unspecified atom stereocenters. The lowest BCUT2D eigenvalue weighted by atomic mass is 10.0. The molecule has 31 heavy (non-hydrogen) atoms. The van der Waals surface area contributed by atoms with E-state index >= 15 is 0 Å². The van der Waals surface area contributed by atoms with E-state index in [0.29, 0.717) is 18.8 Å². The minimum atomic E-state index is -0.339. The Morgan fingerprint density at radius 2 is 1.94 bits per heavy atom. The van der Waals surface area contributed by atoms with E-state index in [9.17, 15) is 9.59 Å². The van der Waals surface area contributed by atoms with Gasteiger partial charge in [0.25, 0.3) is 5.91 Å². The van der Waals surface area contributed by atoms with Gasteiger partial charge in [-0.05, 0) is 38.8 Å². The molecule has 1 aromatic carbocycles. The van der Waals surface area contributed by atoms with Gasteiger partial charge in [0.2, 0.25) is 0 Å². The van der Waals surface area contributed by atoms with E-state index in [2.05, 4.69) is 16.3 Å². The molecule has 0 atom stereocenters. The molecule has 8 heteroatoms. The molecule has 1 aliphatic heterocycles. The summed E-state index contributed by atoms with van der Waals surface area (Å²) >= 11 is 0. The van der Waals surface area contributed by atoms with Crippen LogP contribution in [0.4, 0.5) is 10.5 Å². The highest BCUT2D eigenvalue weighted by Crippen LogP contribution is 2.24. The Balaban J connectivity index is 1.52. The molecule has 4 rings (SSSR count). The van der Waals surface area contributed by atoms with Gasteiger partial charge in [-0.15, -0.1) is 0 Å². The lowest BCUT2D eigenvalue weighted by Crippen LogP contribution is -2.32. The van der Waals surface area contributed by atoms with Crippen molar-refractivity contribution in [2.75, 3.05) is 11.4 Å². The van der Waals surface area contributed by atoms with E-state index < -0.39 is 0 Å². The van der Waals surface area contributed by atoms with Gasteiger partial charge in [0, 0.05) is 18.3 Å². The average Bonchev–Trinajstić information content (AvgIpc) is 3.37. The first-order chi connectivity index (χ1) is 14.8. The van der Waals surface area contributed by atoms with Gasteiger partial charge >= 0.3 is 6.03 Å². The van der Waals surface area contributed by atoms with Gasteiger partial charge in [0.05, 0.1) is 24.1 Å². The summed E-state index contributed by atoms with van der Waals surface area (Å²) in [5.41, 5.74) is 5.41. The van der Waals surface area contributed by atoms with Crippen LogP contribution in [0.2, 0.25) is 0 Å². The molecule has 1 saturated heterocycles. The Labute approximate surface area is 180 Å². The predicted octanol–water partition coefficient (Wildman–Crippen LogP) is 3.93. The second-order valence-corrected chi connectivity index (χ2v) is 7.99. The number of anilines is 1. The van der Waals surface area contributed by atoms with Crippen LogP contribution >= 0.6 is 0 Å². The molecule has 3 heterocycles. The number of aromatic nitrogens is 3. The van der Waals surface area contributed by atoms with Gasteiger partial charge in [-0.25, -0.2) is 9.69 Å². The Kier molecular flexibility index (Phi) is 5.46. The number of benzene rings is 1. The van der Waals surface area contributed by atoms with Gasteiger partial charge in [0.1, 0.15) is 12.3 Å². The molecule has 0 saturated carbocycles. The van der Waals surface area contributed by atoms with E-state index in [-0.39, 0.29) is 18.5 Å². The number of allylic oxidation sites excluding steroid dienone is 1. The molecule has 0 bridgehead atoms. The molecule has 3 amide bonds. The molecule has 160 valence electrons. The molecular weight excluding hydrogens is 394 g/mol. The standard InChI is InChI=1S/C23H25N5O3/c1-15(2)9-18-7-5-6-8-19(18)11-26-14-22(29)28(23(26)30)20-10-24-27(12-20)13-21-16(3)25-31-17(21)4/h5-10,12H,11,13-14H2,1-4H3. The molecule has 0 N–H and O–H groups in total. The predicted molar refractivity (Wildman–Crippen MR) is 116 cm³/mol.